The third-order valence-electron chi connectivity index (χ3n) is 7.33. The van der Waals surface area contributed by atoms with Crippen LogP contribution in [0.5, 0.6) is 5.75 Å². The van der Waals surface area contributed by atoms with Gasteiger partial charge in [-0.3, -0.25) is 9.69 Å². The molecule has 6 heteroatoms. The van der Waals surface area contributed by atoms with Crippen molar-refractivity contribution in [2.45, 2.75) is 31.7 Å². The molecule has 0 saturated carbocycles. The third kappa shape index (κ3) is 4.51. The van der Waals surface area contributed by atoms with Crippen LogP contribution in [0, 0.1) is 0 Å². The lowest BCUT2D eigenvalue weighted by Crippen LogP contribution is -2.25. The largest absolute Gasteiger partial charge is 0.488 e. The molecule has 1 atom stereocenters. The van der Waals surface area contributed by atoms with Crippen molar-refractivity contribution >= 4 is 39.4 Å². The van der Waals surface area contributed by atoms with Gasteiger partial charge in [-0.05, 0) is 61.3 Å². The lowest BCUT2D eigenvalue weighted by molar-refractivity contribution is -0.128. The fourth-order valence-electron chi connectivity index (χ4n) is 5.52. The Morgan fingerprint density at radius 1 is 1.00 bits per heavy atom. The van der Waals surface area contributed by atoms with Crippen molar-refractivity contribution in [2.75, 3.05) is 32.8 Å². The number of ether oxygens (including phenoxy) is 1. The van der Waals surface area contributed by atoms with Gasteiger partial charge < -0.3 is 14.1 Å². The first-order chi connectivity index (χ1) is 17.2. The van der Waals surface area contributed by atoms with Crippen LogP contribution < -0.4 is 4.74 Å². The van der Waals surface area contributed by atoms with E-state index in [2.05, 4.69) is 17.0 Å². The van der Waals surface area contributed by atoms with E-state index in [1.54, 1.807) is 0 Å². The number of halogens is 1. The molecule has 2 fully saturated rings. The number of amides is 1. The van der Waals surface area contributed by atoms with Crippen LogP contribution in [0.15, 0.2) is 65.1 Å². The van der Waals surface area contributed by atoms with Crippen LogP contribution in [0.25, 0.3) is 21.9 Å². The first-order valence-corrected chi connectivity index (χ1v) is 12.8. The number of hydrogen-bond donors (Lipinski definition) is 0. The lowest BCUT2D eigenvalue weighted by atomic mass is 9.93. The number of para-hydroxylation sites is 1. The second kappa shape index (κ2) is 9.56. The number of fused-ring (bicyclic) bond motifs is 3. The number of benzene rings is 3. The maximum absolute atomic E-state index is 12.9. The Morgan fingerprint density at radius 3 is 2.63 bits per heavy atom. The maximum Gasteiger partial charge on any atom is 0.223 e. The molecule has 180 valence electrons. The van der Waals surface area contributed by atoms with E-state index in [1.807, 2.05) is 53.4 Å². The Hall–Kier alpha value is -3.02. The Bertz CT molecular complexity index is 1360. The minimum absolute atomic E-state index is 0.108. The summed E-state index contributed by atoms with van der Waals surface area (Å²) in [7, 11) is 0. The molecule has 0 spiro atoms. The molecule has 2 aliphatic heterocycles. The van der Waals surface area contributed by atoms with E-state index in [4.69, 9.17) is 20.8 Å². The summed E-state index contributed by atoms with van der Waals surface area (Å²) in [5, 5.41) is 2.85. The van der Waals surface area contributed by atoms with Gasteiger partial charge in [-0.2, -0.15) is 0 Å². The van der Waals surface area contributed by atoms with Gasteiger partial charge >= 0.3 is 0 Å². The summed E-state index contributed by atoms with van der Waals surface area (Å²) in [5.74, 6) is 1.07. The highest BCUT2D eigenvalue weighted by Gasteiger charge is 2.33. The van der Waals surface area contributed by atoms with Gasteiger partial charge in [0.2, 0.25) is 5.91 Å². The molecule has 5 nitrogen and oxygen atoms in total. The van der Waals surface area contributed by atoms with Gasteiger partial charge in [-0.1, -0.05) is 48.0 Å². The van der Waals surface area contributed by atoms with Crippen molar-refractivity contribution in [3.05, 3.63) is 76.8 Å². The van der Waals surface area contributed by atoms with Gasteiger partial charge in [0.15, 0.2) is 11.3 Å². The molecule has 1 aromatic heterocycles. The molecule has 6 rings (SSSR count). The van der Waals surface area contributed by atoms with Crippen molar-refractivity contribution < 1.29 is 13.9 Å². The summed E-state index contributed by atoms with van der Waals surface area (Å²) in [4.78, 5) is 17.3. The van der Waals surface area contributed by atoms with E-state index in [0.717, 1.165) is 58.4 Å². The fourth-order valence-corrected chi connectivity index (χ4v) is 5.64. The molecule has 4 aromatic rings. The monoisotopic (exact) mass is 488 g/mol. The second-order valence-electron chi connectivity index (χ2n) is 9.65. The normalized spacial score (nSPS) is 18.8. The first kappa shape index (κ1) is 22.4. The quantitative estimate of drug-likeness (QED) is 0.309. The molecule has 2 aliphatic rings. The zero-order valence-corrected chi connectivity index (χ0v) is 20.5. The van der Waals surface area contributed by atoms with E-state index >= 15 is 0 Å². The summed E-state index contributed by atoms with van der Waals surface area (Å²) >= 11 is 6.03. The van der Waals surface area contributed by atoms with E-state index in [0.29, 0.717) is 31.1 Å². The van der Waals surface area contributed by atoms with Crippen LogP contribution in [0.4, 0.5) is 0 Å². The van der Waals surface area contributed by atoms with Crippen molar-refractivity contribution in [1.82, 2.24) is 9.80 Å². The van der Waals surface area contributed by atoms with Gasteiger partial charge in [0.05, 0.1) is 0 Å². The number of nitrogens with zero attached hydrogens (tertiary/aromatic N) is 2. The Labute approximate surface area is 210 Å². The number of furan rings is 1. The fraction of sp³-hybridized carbons (Fsp3) is 0.345. The predicted molar refractivity (Wildman–Crippen MR) is 139 cm³/mol. The lowest BCUT2D eigenvalue weighted by Gasteiger charge is -2.18. The number of carbonyl (C=O) groups is 1. The summed E-state index contributed by atoms with van der Waals surface area (Å²) in [6, 6.07) is 20.0. The summed E-state index contributed by atoms with van der Waals surface area (Å²) in [5.41, 5.74) is 3.88. The zero-order valence-electron chi connectivity index (χ0n) is 19.7. The van der Waals surface area contributed by atoms with Crippen LogP contribution in [0.1, 0.15) is 36.3 Å². The molecule has 0 aliphatic carbocycles. The molecular weight excluding hydrogens is 460 g/mol. The van der Waals surface area contributed by atoms with Crippen molar-refractivity contribution in [3.8, 4) is 5.75 Å². The molecule has 3 heterocycles. The van der Waals surface area contributed by atoms with Gasteiger partial charge in [0.25, 0.3) is 0 Å². The van der Waals surface area contributed by atoms with Crippen LogP contribution in [0.3, 0.4) is 0 Å². The van der Waals surface area contributed by atoms with Gasteiger partial charge in [0, 0.05) is 47.8 Å². The van der Waals surface area contributed by atoms with E-state index in [9.17, 15) is 4.79 Å². The minimum Gasteiger partial charge on any atom is -0.488 e. The molecule has 1 unspecified atom stereocenters. The van der Waals surface area contributed by atoms with Crippen molar-refractivity contribution in [1.29, 1.82) is 0 Å². The number of likely N-dealkylation sites (tertiary alicyclic amines) is 2. The third-order valence-corrected chi connectivity index (χ3v) is 7.58. The van der Waals surface area contributed by atoms with Gasteiger partial charge in [-0.15, -0.1) is 0 Å². The zero-order chi connectivity index (χ0) is 23.8. The predicted octanol–water partition coefficient (Wildman–Crippen LogP) is 6.23. The highest BCUT2D eigenvalue weighted by molar-refractivity contribution is 6.30. The SMILES string of the molecule is O=C1CC(c2ccc(OCCN3CCCC3)c3oc4ccccc4c23)CN1Cc1ccc(Cl)cc1. The summed E-state index contributed by atoms with van der Waals surface area (Å²) < 4.78 is 12.6. The van der Waals surface area contributed by atoms with Gasteiger partial charge in [-0.25, -0.2) is 0 Å². The average molecular weight is 489 g/mol. The van der Waals surface area contributed by atoms with Crippen LogP contribution in [-0.4, -0.2) is 48.5 Å². The summed E-state index contributed by atoms with van der Waals surface area (Å²) in [6.45, 7) is 5.17. The molecule has 35 heavy (non-hydrogen) atoms. The topological polar surface area (TPSA) is 45.9 Å². The molecule has 3 aromatic carbocycles. The smallest absolute Gasteiger partial charge is 0.223 e. The molecule has 1 amide bonds. The number of rotatable bonds is 7. The Morgan fingerprint density at radius 2 is 1.80 bits per heavy atom. The van der Waals surface area contributed by atoms with E-state index in [-0.39, 0.29) is 11.8 Å². The van der Waals surface area contributed by atoms with Crippen LogP contribution in [0.2, 0.25) is 5.02 Å². The first-order valence-electron chi connectivity index (χ1n) is 12.5. The molecular formula is C29H29ClN2O3. The molecule has 0 N–H and O–H groups in total. The second-order valence-corrected chi connectivity index (χ2v) is 10.1. The van der Waals surface area contributed by atoms with Gasteiger partial charge in [0.1, 0.15) is 12.2 Å². The van der Waals surface area contributed by atoms with Crippen LogP contribution >= 0.6 is 11.6 Å². The highest BCUT2D eigenvalue weighted by atomic mass is 35.5. The van der Waals surface area contributed by atoms with Crippen LogP contribution in [-0.2, 0) is 11.3 Å². The van der Waals surface area contributed by atoms with E-state index < -0.39 is 0 Å². The molecule has 0 bridgehead atoms. The van der Waals surface area contributed by atoms with Crippen molar-refractivity contribution in [2.24, 2.45) is 0 Å². The minimum atomic E-state index is 0.108. The molecule has 2 saturated heterocycles. The standard InChI is InChI=1S/C29H29ClN2O3/c30-22-9-7-20(8-10-22)18-32-19-21(17-27(32)33)23-11-12-26(34-16-15-31-13-3-4-14-31)29-28(23)24-5-1-2-6-25(24)35-29/h1-2,5-12,21H,3-4,13-19H2. The maximum atomic E-state index is 12.9. The Balaban J connectivity index is 1.28. The number of hydrogen-bond acceptors (Lipinski definition) is 4. The molecule has 0 radical (unpaired) electrons. The summed E-state index contributed by atoms with van der Waals surface area (Å²) in [6.07, 6.45) is 3.05. The van der Waals surface area contributed by atoms with E-state index in [1.165, 1.54) is 12.8 Å². The highest BCUT2D eigenvalue weighted by Crippen LogP contribution is 2.42. The van der Waals surface area contributed by atoms with Crippen molar-refractivity contribution in [3.63, 3.8) is 0 Å². The Kier molecular flexibility index (Phi) is 6.13. The number of carbonyl (C=O) groups excluding carboxylic acids is 1. The average Bonchev–Trinajstić information content (AvgIpc) is 3.60.